The molecule has 0 aliphatic carbocycles. The molecule has 0 unspecified atom stereocenters. The SMILES string of the molecule is COc1cc(F)ccc1NC(=O)NC(=O)COCC(=O)O. The zero-order valence-electron chi connectivity index (χ0n) is 11.0. The zero-order valence-corrected chi connectivity index (χ0v) is 11.0. The second-order valence-electron chi connectivity index (χ2n) is 3.73. The van der Waals surface area contributed by atoms with E-state index in [1.54, 1.807) is 0 Å². The van der Waals surface area contributed by atoms with Gasteiger partial charge in [0.05, 0.1) is 12.8 Å². The van der Waals surface area contributed by atoms with Crippen LogP contribution in [0.3, 0.4) is 0 Å². The Morgan fingerprint density at radius 2 is 2.00 bits per heavy atom. The van der Waals surface area contributed by atoms with Gasteiger partial charge in [0.15, 0.2) is 0 Å². The van der Waals surface area contributed by atoms with Gasteiger partial charge in [0.1, 0.15) is 24.8 Å². The molecule has 9 heteroatoms. The van der Waals surface area contributed by atoms with Gasteiger partial charge in [-0.05, 0) is 12.1 Å². The van der Waals surface area contributed by atoms with Crippen molar-refractivity contribution in [3.63, 3.8) is 0 Å². The maximum atomic E-state index is 13.0. The molecular weight excluding hydrogens is 287 g/mol. The molecule has 0 aliphatic rings. The Morgan fingerprint density at radius 1 is 1.29 bits per heavy atom. The van der Waals surface area contributed by atoms with Crippen molar-refractivity contribution in [1.29, 1.82) is 0 Å². The minimum Gasteiger partial charge on any atom is -0.494 e. The van der Waals surface area contributed by atoms with Gasteiger partial charge in [0, 0.05) is 6.07 Å². The number of amides is 3. The van der Waals surface area contributed by atoms with Gasteiger partial charge in [-0.1, -0.05) is 0 Å². The largest absolute Gasteiger partial charge is 0.494 e. The van der Waals surface area contributed by atoms with E-state index in [4.69, 9.17) is 9.84 Å². The molecule has 0 fully saturated rings. The Morgan fingerprint density at radius 3 is 2.62 bits per heavy atom. The molecule has 3 N–H and O–H groups in total. The third-order valence-corrected chi connectivity index (χ3v) is 2.12. The van der Waals surface area contributed by atoms with E-state index in [2.05, 4.69) is 10.1 Å². The van der Waals surface area contributed by atoms with Crippen LogP contribution in [0.2, 0.25) is 0 Å². The molecule has 0 bridgehead atoms. The number of hydrogen-bond acceptors (Lipinski definition) is 5. The topological polar surface area (TPSA) is 114 Å². The first kappa shape index (κ1) is 16.4. The van der Waals surface area contributed by atoms with Gasteiger partial charge in [-0.25, -0.2) is 14.0 Å². The number of carbonyl (C=O) groups excluding carboxylic acids is 2. The summed E-state index contributed by atoms with van der Waals surface area (Å²) in [5, 5.41) is 12.5. The van der Waals surface area contributed by atoms with Crippen molar-refractivity contribution in [2.24, 2.45) is 0 Å². The van der Waals surface area contributed by atoms with Gasteiger partial charge in [0.2, 0.25) is 0 Å². The Hall–Kier alpha value is -2.68. The van der Waals surface area contributed by atoms with E-state index in [0.717, 1.165) is 12.1 Å². The lowest BCUT2D eigenvalue weighted by Gasteiger charge is -2.10. The summed E-state index contributed by atoms with van der Waals surface area (Å²) in [7, 11) is 1.29. The molecule has 114 valence electrons. The third-order valence-electron chi connectivity index (χ3n) is 2.12. The zero-order chi connectivity index (χ0) is 15.8. The monoisotopic (exact) mass is 300 g/mol. The maximum Gasteiger partial charge on any atom is 0.329 e. The number of methoxy groups -OCH3 is 1. The first-order chi connectivity index (χ1) is 9.92. The lowest BCUT2D eigenvalue weighted by molar-refractivity contribution is -0.143. The van der Waals surface area contributed by atoms with Gasteiger partial charge in [-0.15, -0.1) is 0 Å². The molecule has 3 amide bonds. The summed E-state index contributed by atoms with van der Waals surface area (Å²) < 4.78 is 22.3. The molecule has 21 heavy (non-hydrogen) atoms. The van der Waals surface area contributed by atoms with Crippen LogP contribution in [-0.4, -0.2) is 43.3 Å². The van der Waals surface area contributed by atoms with Crippen molar-refractivity contribution in [3.8, 4) is 5.75 Å². The number of carboxylic acids is 1. The van der Waals surface area contributed by atoms with Crippen LogP contribution in [0.1, 0.15) is 0 Å². The molecular formula is C12H13FN2O6. The number of imide groups is 1. The third kappa shape index (κ3) is 5.87. The molecule has 8 nitrogen and oxygen atoms in total. The fraction of sp³-hybridized carbons (Fsp3) is 0.250. The molecule has 0 radical (unpaired) electrons. The molecule has 0 aromatic heterocycles. The number of rotatable bonds is 6. The second-order valence-corrected chi connectivity index (χ2v) is 3.73. The van der Waals surface area contributed by atoms with Crippen molar-refractivity contribution < 1.29 is 33.4 Å². The van der Waals surface area contributed by atoms with Crippen LogP contribution in [0.5, 0.6) is 5.75 Å². The minimum atomic E-state index is -1.23. The number of anilines is 1. The molecule has 0 spiro atoms. The number of carbonyl (C=O) groups is 3. The predicted octanol–water partition coefficient (Wildman–Crippen LogP) is 0.584. The molecule has 0 heterocycles. The molecule has 0 saturated carbocycles. The smallest absolute Gasteiger partial charge is 0.329 e. The standard InChI is InChI=1S/C12H13FN2O6/c1-20-9-4-7(13)2-3-8(9)14-12(19)15-10(16)5-21-6-11(17)18/h2-4H,5-6H2,1H3,(H,17,18)(H2,14,15,16,19). The van der Waals surface area contributed by atoms with Crippen LogP contribution in [0.25, 0.3) is 0 Å². The highest BCUT2D eigenvalue weighted by Crippen LogP contribution is 2.24. The first-order valence-corrected chi connectivity index (χ1v) is 5.66. The van der Waals surface area contributed by atoms with Crippen LogP contribution in [-0.2, 0) is 14.3 Å². The summed E-state index contributed by atoms with van der Waals surface area (Å²) in [4.78, 5) is 32.9. The number of carboxylic acid groups (broad SMARTS) is 1. The number of urea groups is 1. The Labute approximate surface area is 118 Å². The molecule has 1 rings (SSSR count). The van der Waals surface area contributed by atoms with E-state index >= 15 is 0 Å². The number of hydrogen-bond donors (Lipinski definition) is 3. The summed E-state index contributed by atoms with van der Waals surface area (Å²) >= 11 is 0. The van der Waals surface area contributed by atoms with Crippen LogP contribution < -0.4 is 15.4 Å². The Kier molecular flexibility index (Phi) is 6.08. The fourth-order valence-electron chi connectivity index (χ4n) is 1.32. The molecule has 1 aromatic carbocycles. The highest BCUT2D eigenvalue weighted by atomic mass is 19.1. The number of ether oxygens (including phenoxy) is 2. The quantitative estimate of drug-likeness (QED) is 0.708. The van der Waals surface area contributed by atoms with Crippen LogP contribution in [0.4, 0.5) is 14.9 Å². The van der Waals surface area contributed by atoms with Gasteiger partial charge in [-0.2, -0.15) is 0 Å². The molecule has 0 atom stereocenters. The lowest BCUT2D eigenvalue weighted by Crippen LogP contribution is -2.37. The second kappa shape index (κ2) is 7.80. The number of aliphatic carboxylic acids is 1. The highest BCUT2D eigenvalue weighted by Gasteiger charge is 2.12. The molecule has 0 saturated heterocycles. The Balaban J connectivity index is 2.50. The Bertz CT molecular complexity index is 549. The highest BCUT2D eigenvalue weighted by molar-refractivity contribution is 6.02. The average Bonchev–Trinajstić information content (AvgIpc) is 2.40. The van der Waals surface area contributed by atoms with E-state index in [1.165, 1.54) is 13.2 Å². The summed E-state index contributed by atoms with van der Waals surface area (Å²) in [6.07, 6.45) is 0. The van der Waals surface area contributed by atoms with E-state index in [9.17, 15) is 18.8 Å². The predicted molar refractivity (Wildman–Crippen MR) is 68.6 cm³/mol. The minimum absolute atomic E-state index is 0.0831. The summed E-state index contributed by atoms with van der Waals surface area (Å²) in [6, 6.07) is 2.55. The van der Waals surface area contributed by atoms with Crippen LogP contribution in [0, 0.1) is 5.82 Å². The summed E-state index contributed by atoms with van der Waals surface area (Å²) in [5.41, 5.74) is 0.163. The van der Waals surface area contributed by atoms with Gasteiger partial charge in [-0.3, -0.25) is 10.1 Å². The van der Waals surface area contributed by atoms with Crippen molar-refractivity contribution in [2.75, 3.05) is 25.6 Å². The van der Waals surface area contributed by atoms with Crippen LogP contribution in [0.15, 0.2) is 18.2 Å². The average molecular weight is 300 g/mol. The van der Waals surface area contributed by atoms with E-state index in [0.29, 0.717) is 0 Å². The van der Waals surface area contributed by atoms with Crippen molar-refractivity contribution >= 4 is 23.6 Å². The first-order valence-electron chi connectivity index (χ1n) is 5.66. The summed E-state index contributed by atoms with van der Waals surface area (Å²) in [6.45, 7) is -1.24. The number of benzene rings is 1. The molecule has 0 aliphatic heterocycles. The fourth-order valence-corrected chi connectivity index (χ4v) is 1.32. The van der Waals surface area contributed by atoms with Crippen LogP contribution >= 0.6 is 0 Å². The maximum absolute atomic E-state index is 13.0. The van der Waals surface area contributed by atoms with Crippen molar-refractivity contribution in [3.05, 3.63) is 24.0 Å². The van der Waals surface area contributed by atoms with Gasteiger partial charge >= 0.3 is 12.0 Å². The van der Waals surface area contributed by atoms with Crippen molar-refractivity contribution in [1.82, 2.24) is 5.32 Å². The number of nitrogens with one attached hydrogen (secondary N) is 2. The van der Waals surface area contributed by atoms with Gasteiger partial charge in [0.25, 0.3) is 5.91 Å². The lowest BCUT2D eigenvalue weighted by atomic mass is 10.3. The van der Waals surface area contributed by atoms with E-state index in [1.807, 2.05) is 5.32 Å². The van der Waals surface area contributed by atoms with Gasteiger partial charge < -0.3 is 19.9 Å². The van der Waals surface area contributed by atoms with Crippen molar-refractivity contribution in [2.45, 2.75) is 0 Å². The summed E-state index contributed by atoms with van der Waals surface area (Å²) in [5.74, 6) is -2.52. The van der Waals surface area contributed by atoms with E-state index in [-0.39, 0.29) is 11.4 Å². The molecule has 1 aromatic rings. The normalized spacial score (nSPS) is 9.81. The van der Waals surface area contributed by atoms with E-state index < -0.39 is 36.9 Å². The number of halogens is 1.